The lowest BCUT2D eigenvalue weighted by Gasteiger charge is -2.14. The highest BCUT2D eigenvalue weighted by Gasteiger charge is 2.26. The van der Waals surface area contributed by atoms with E-state index in [2.05, 4.69) is 20.6 Å². The highest BCUT2D eigenvalue weighted by Crippen LogP contribution is 2.22. The van der Waals surface area contributed by atoms with Crippen LogP contribution in [0.1, 0.15) is 32.3 Å². The van der Waals surface area contributed by atoms with E-state index in [1.165, 1.54) is 6.33 Å². The van der Waals surface area contributed by atoms with Crippen LogP contribution in [0.2, 0.25) is 0 Å². The Labute approximate surface area is 110 Å². The summed E-state index contributed by atoms with van der Waals surface area (Å²) in [4.78, 5) is 8.13. The highest BCUT2D eigenvalue weighted by atomic mass is 19.4. The second kappa shape index (κ2) is 7.16. The van der Waals surface area contributed by atoms with Gasteiger partial charge in [-0.15, -0.1) is 0 Å². The number of nitrogens with one attached hydrogen (secondary N) is 2. The Bertz CT molecular complexity index is 393. The molecule has 0 atom stereocenters. The molecule has 0 aromatic carbocycles. The fourth-order valence-corrected chi connectivity index (χ4v) is 1.62. The number of aromatic nitrogens is 2. The van der Waals surface area contributed by atoms with Gasteiger partial charge in [0.1, 0.15) is 18.0 Å². The Morgan fingerprint density at radius 1 is 1.05 bits per heavy atom. The molecule has 0 saturated heterocycles. The summed E-state index contributed by atoms with van der Waals surface area (Å²) in [5.41, 5.74) is 0.818. The van der Waals surface area contributed by atoms with Gasteiger partial charge in [0.05, 0.1) is 6.42 Å². The number of hydrogen-bond acceptors (Lipinski definition) is 4. The molecule has 1 aromatic rings. The van der Waals surface area contributed by atoms with Crippen LogP contribution in [0.3, 0.4) is 0 Å². The monoisotopic (exact) mass is 276 g/mol. The van der Waals surface area contributed by atoms with Gasteiger partial charge in [0.15, 0.2) is 0 Å². The summed E-state index contributed by atoms with van der Waals surface area (Å²) < 4.78 is 36.3. The number of alkyl halides is 3. The van der Waals surface area contributed by atoms with Crippen LogP contribution in [-0.4, -0.2) is 29.2 Å². The number of halogens is 3. The molecule has 0 bridgehead atoms. The van der Waals surface area contributed by atoms with Crippen molar-refractivity contribution in [2.75, 3.05) is 23.7 Å². The summed E-state index contributed by atoms with van der Waals surface area (Å²) in [6, 6.07) is 0. The SMILES string of the molecule is CCCNc1ncnc(NCCC(F)(F)F)c1CC. The molecule has 0 fully saturated rings. The Morgan fingerprint density at radius 2 is 1.63 bits per heavy atom. The van der Waals surface area contributed by atoms with Gasteiger partial charge in [-0.1, -0.05) is 13.8 Å². The zero-order chi connectivity index (χ0) is 14.3. The molecule has 4 nitrogen and oxygen atoms in total. The first-order chi connectivity index (χ1) is 8.98. The predicted octanol–water partition coefficient (Wildman–Crippen LogP) is 3.23. The second-order valence-corrected chi connectivity index (χ2v) is 4.12. The number of rotatable bonds is 7. The normalized spacial score (nSPS) is 11.4. The van der Waals surface area contributed by atoms with Crippen LogP contribution in [0.5, 0.6) is 0 Å². The van der Waals surface area contributed by atoms with E-state index in [9.17, 15) is 13.2 Å². The van der Waals surface area contributed by atoms with Crippen molar-refractivity contribution in [3.63, 3.8) is 0 Å². The van der Waals surface area contributed by atoms with E-state index in [1.54, 1.807) is 0 Å². The summed E-state index contributed by atoms with van der Waals surface area (Å²) in [5, 5.41) is 5.87. The molecule has 0 aliphatic rings. The molecule has 0 unspecified atom stereocenters. The van der Waals surface area contributed by atoms with Gasteiger partial charge in [-0.2, -0.15) is 13.2 Å². The van der Waals surface area contributed by atoms with Crippen molar-refractivity contribution in [1.29, 1.82) is 0 Å². The average Bonchev–Trinajstić information content (AvgIpc) is 2.34. The Hall–Kier alpha value is -1.53. The molecular formula is C12H19F3N4. The first-order valence-corrected chi connectivity index (χ1v) is 6.36. The average molecular weight is 276 g/mol. The van der Waals surface area contributed by atoms with Crippen LogP contribution >= 0.6 is 0 Å². The standard InChI is InChI=1S/C12H19F3N4/c1-3-6-16-10-9(4-2)11(19-8-18-10)17-7-5-12(13,14)15/h8H,3-7H2,1-2H3,(H2,16,17,18,19). The molecule has 7 heteroatoms. The Morgan fingerprint density at radius 3 is 2.11 bits per heavy atom. The van der Waals surface area contributed by atoms with Crippen molar-refractivity contribution in [2.24, 2.45) is 0 Å². The lowest BCUT2D eigenvalue weighted by atomic mass is 10.2. The van der Waals surface area contributed by atoms with Crippen molar-refractivity contribution in [1.82, 2.24) is 9.97 Å². The summed E-state index contributed by atoms with van der Waals surface area (Å²) in [6.45, 7) is 4.54. The van der Waals surface area contributed by atoms with Gasteiger partial charge >= 0.3 is 6.18 Å². The fraction of sp³-hybridized carbons (Fsp3) is 0.667. The maximum atomic E-state index is 12.1. The van der Waals surface area contributed by atoms with E-state index in [4.69, 9.17) is 0 Å². The molecule has 0 aliphatic heterocycles. The van der Waals surface area contributed by atoms with Crippen molar-refractivity contribution in [3.05, 3.63) is 11.9 Å². The molecule has 19 heavy (non-hydrogen) atoms. The third kappa shape index (κ3) is 5.32. The Balaban J connectivity index is 2.71. The third-order valence-electron chi connectivity index (χ3n) is 2.54. The molecule has 2 N–H and O–H groups in total. The van der Waals surface area contributed by atoms with E-state index in [1.807, 2.05) is 13.8 Å². The van der Waals surface area contributed by atoms with E-state index in [-0.39, 0.29) is 6.54 Å². The van der Waals surface area contributed by atoms with Gasteiger partial charge in [0, 0.05) is 18.7 Å². The number of hydrogen-bond donors (Lipinski definition) is 2. The van der Waals surface area contributed by atoms with E-state index in [0.717, 1.165) is 18.5 Å². The fourth-order valence-electron chi connectivity index (χ4n) is 1.62. The van der Waals surface area contributed by atoms with Gasteiger partial charge in [-0.05, 0) is 12.8 Å². The molecule has 0 saturated carbocycles. The van der Waals surface area contributed by atoms with Crippen molar-refractivity contribution in [3.8, 4) is 0 Å². The van der Waals surface area contributed by atoms with Gasteiger partial charge in [-0.25, -0.2) is 9.97 Å². The molecule has 1 heterocycles. The summed E-state index contributed by atoms with van der Waals surface area (Å²) in [6.07, 6.45) is -2.08. The molecule has 0 aliphatic carbocycles. The molecule has 0 radical (unpaired) electrons. The molecule has 0 spiro atoms. The molecular weight excluding hydrogens is 257 g/mol. The highest BCUT2D eigenvalue weighted by molar-refractivity contribution is 5.57. The van der Waals surface area contributed by atoms with Gasteiger partial charge in [0.25, 0.3) is 0 Å². The van der Waals surface area contributed by atoms with Gasteiger partial charge < -0.3 is 10.6 Å². The first-order valence-electron chi connectivity index (χ1n) is 6.36. The number of nitrogens with zero attached hydrogens (tertiary/aromatic N) is 2. The minimum atomic E-state index is -4.16. The van der Waals surface area contributed by atoms with Crippen LogP contribution in [0.4, 0.5) is 24.8 Å². The summed E-state index contributed by atoms with van der Waals surface area (Å²) >= 11 is 0. The van der Waals surface area contributed by atoms with Crippen LogP contribution in [0.25, 0.3) is 0 Å². The maximum absolute atomic E-state index is 12.1. The second-order valence-electron chi connectivity index (χ2n) is 4.12. The van der Waals surface area contributed by atoms with Crippen LogP contribution in [0.15, 0.2) is 6.33 Å². The summed E-state index contributed by atoms with van der Waals surface area (Å²) in [7, 11) is 0. The van der Waals surface area contributed by atoms with Crippen molar-refractivity contribution in [2.45, 2.75) is 39.3 Å². The van der Waals surface area contributed by atoms with E-state index < -0.39 is 12.6 Å². The lowest BCUT2D eigenvalue weighted by molar-refractivity contribution is -0.131. The van der Waals surface area contributed by atoms with Crippen LogP contribution in [-0.2, 0) is 6.42 Å². The molecule has 0 amide bonds. The largest absolute Gasteiger partial charge is 0.390 e. The topological polar surface area (TPSA) is 49.8 Å². The maximum Gasteiger partial charge on any atom is 0.390 e. The third-order valence-corrected chi connectivity index (χ3v) is 2.54. The zero-order valence-electron chi connectivity index (χ0n) is 11.1. The zero-order valence-corrected chi connectivity index (χ0v) is 11.1. The Kier molecular flexibility index (Phi) is 5.85. The number of anilines is 2. The van der Waals surface area contributed by atoms with Crippen LogP contribution in [0, 0.1) is 0 Å². The van der Waals surface area contributed by atoms with E-state index in [0.29, 0.717) is 18.1 Å². The van der Waals surface area contributed by atoms with Crippen molar-refractivity contribution < 1.29 is 13.2 Å². The molecule has 1 rings (SSSR count). The van der Waals surface area contributed by atoms with Crippen molar-refractivity contribution >= 4 is 11.6 Å². The smallest absolute Gasteiger partial charge is 0.370 e. The van der Waals surface area contributed by atoms with E-state index >= 15 is 0 Å². The summed E-state index contributed by atoms with van der Waals surface area (Å²) in [5.74, 6) is 1.16. The van der Waals surface area contributed by atoms with Gasteiger partial charge in [-0.3, -0.25) is 0 Å². The molecule has 108 valence electrons. The lowest BCUT2D eigenvalue weighted by Crippen LogP contribution is -2.17. The van der Waals surface area contributed by atoms with Crippen LogP contribution < -0.4 is 10.6 Å². The van der Waals surface area contributed by atoms with Gasteiger partial charge in [0.2, 0.25) is 0 Å². The first kappa shape index (κ1) is 15.5. The quantitative estimate of drug-likeness (QED) is 0.802. The molecule has 1 aromatic heterocycles. The predicted molar refractivity (Wildman–Crippen MR) is 69.4 cm³/mol. The minimum Gasteiger partial charge on any atom is -0.370 e. The minimum absolute atomic E-state index is 0.180.